The highest BCUT2D eigenvalue weighted by molar-refractivity contribution is 6.00. The lowest BCUT2D eigenvalue weighted by Crippen LogP contribution is -2.67. The summed E-state index contributed by atoms with van der Waals surface area (Å²) >= 11 is 0. The lowest BCUT2D eigenvalue weighted by Gasteiger charge is -2.35. The van der Waals surface area contributed by atoms with Crippen LogP contribution in [0.1, 0.15) is 34.6 Å². The molecule has 2 amide bonds. The number of halogens is 8. The monoisotopic (exact) mass is 584 g/mol. The Labute approximate surface area is 220 Å². The number of benzene rings is 2. The molecule has 0 aliphatic rings. The van der Waals surface area contributed by atoms with Crippen molar-refractivity contribution in [2.24, 2.45) is 0 Å². The molecule has 0 aromatic heterocycles. The predicted octanol–water partition coefficient (Wildman–Crippen LogP) is 5.16. The van der Waals surface area contributed by atoms with Crippen molar-refractivity contribution in [1.82, 2.24) is 0 Å². The number of hydrogen-bond acceptors (Lipinski definition) is 6. The van der Waals surface area contributed by atoms with Gasteiger partial charge in [-0.05, 0) is 62.4 Å². The number of nitrogens with one attached hydrogen (secondary N) is 2. The molecule has 2 aromatic rings. The van der Waals surface area contributed by atoms with Gasteiger partial charge in [0.2, 0.25) is 0 Å². The molecule has 0 aliphatic heterocycles. The zero-order valence-electron chi connectivity index (χ0n) is 20.5. The highest BCUT2D eigenvalue weighted by Crippen LogP contribution is 2.53. The molecule has 0 saturated heterocycles. The van der Waals surface area contributed by atoms with Crippen molar-refractivity contribution in [2.45, 2.75) is 37.5 Å². The molecule has 0 heterocycles. The molecule has 218 valence electrons. The van der Waals surface area contributed by atoms with E-state index in [4.69, 9.17) is 0 Å². The van der Waals surface area contributed by atoms with Gasteiger partial charge in [-0.3, -0.25) is 9.59 Å². The van der Waals surface area contributed by atoms with Gasteiger partial charge < -0.3 is 20.1 Å². The van der Waals surface area contributed by atoms with Crippen molar-refractivity contribution >= 4 is 35.1 Å². The van der Waals surface area contributed by atoms with E-state index in [9.17, 15) is 54.3 Å². The second kappa shape index (κ2) is 11.9. The fraction of sp³-hybridized carbons (Fsp3) is 0.333. The standard InChI is InChI=1S/C24H20F8N2O6/c1-3-39-17(35)13-5-9-15(10-6-13)33-19(37)21(25,26)23(29,30)24(31,32)22(27,28)20(38)34-16-11-7-14(8-12-16)18(36)40-4-2/h5-12H,3-4H2,1-2H3,(H,33,37)(H,34,38). The third-order valence-electron chi connectivity index (χ3n) is 5.06. The lowest BCUT2D eigenvalue weighted by molar-refractivity contribution is -0.345. The summed E-state index contributed by atoms with van der Waals surface area (Å²) < 4.78 is 123. The topological polar surface area (TPSA) is 111 Å². The van der Waals surface area contributed by atoms with E-state index in [2.05, 4.69) is 9.47 Å². The Morgan fingerprint density at radius 1 is 0.575 bits per heavy atom. The predicted molar refractivity (Wildman–Crippen MR) is 122 cm³/mol. The molecule has 2 rings (SSSR count). The van der Waals surface area contributed by atoms with Crippen molar-refractivity contribution in [2.75, 3.05) is 23.8 Å². The smallest absolute Gasteiger partial charge is 0.393 e. The number of alkyl halides is 8. The number of amides is 2. The van der Waals surface area contributed by atoms with Crippen LogP contribution in [0.15, 0.2) is 48.5 Å². The molecule has 0 bridgehead atoms. The molecule has 0 fully saturated rings. The number of ether oxygens (including phenoxy) is 2. The summed E-state index contributed by atoms with van der Waals surface area (Å²) in [6.45, 7) is 2.89. The normalized spacial score (nSPS) is 12.3. The molecule has 0 radical (unpaired) electrons. The summed E-state index contributed by atoms with van der Waals surface area (Å²) in [7, 11) is 0. The van der Waals surface area contributed by atoms with Gasteiger partial charge in [-0.2, -0.15) is 35.1 Å². The maximum Gasteiger partial charge on any atom is 0.393 e. The van der Waals surface area contributed by atoms with Gasteiger partial charge in [-0.1, -0.05) is 0 Å². The molecule has 0 aliphatic carbocycles. The van der Waals surface area contributed by atoms with E-state index >= 15 is 0 Å². The molecule has 0 unspecified atom stereocenters. The fourth-order valence-electron chi connectivity index (χ4n) is 2.91. The van der Waals surface area contributed by atoms with Crippen LogP contribution in [0.25, 0.3) is 0 Å². The van der Waals surface area contributed by atoms with Crippen LogP contribution >= 0.6 is 0 Å². The molecule has 2 aromatic carbocycles. The van der Waals surface area contributed by atoms with Gasteiger partial charge in [0.25, 0.3) is 0 Å². The quantitative estimate of drug-likeness (QED) is 0.279. The van der Waals surface area contributed by atoms with E-state index in [1.54, 1.807) is 0 Å². The Bertz CT molecular complexity index is 1150. The van der Waals surface area contributed by atoms with Crippen molar-refractivity contribution < 1.29 is 63.8 Å². The average molecular weight is 584 g/mol. The van der Waals surface area contributed by atoms with E-state index in [1.807, 2.05) is 0 Å². The van der Waals surface area contributed by atoms with Crippen LogP contribution in [0.5, 0.6) is 0 Å². The third-order valence-corrected chi connectivity index (χ3v) is 5.06. The van der Waals surface area contributed by atoms with Gasteiger partial charge >= 0.3 is 47.4 Å². The van der Waals surface area contributed by atoms with Crippen LogP contribution in [0, 0.1) is 0 Å². The van der Waals surface area contributed by atoms with E-state index in [1.165, 1.54) is 13.8 Å². The third kappa shape index (κ3) is 6.15. The van der Waals surface area contributed by atoms with Gasteiger partial charge in [0.1, 0.15) is 0 Å². The second-order valence-corrected chi connectivity index (χ2v) is 7.80. The van der Waals surface area contributed by atoms with Crippen LogP contribution in [0.4, 0.5) is 46.5 Å². The zero-order valence-corrected chi connectivity index (χ0v) is 20.5. The minimum Gasteiger partial charge on any atom is -0.462 e. The molecule has 8 nitrogen and oxygen atoms in total. The van der Waals surface area contributed by atoms with E-state index in [-0.39, 0.29) is 24.3 Å². The molecule has 0 saturated carbocycles. The molecular weight excluding hydrogens is 564 g/mol. The van der Waals surface area contributed by atoms with Gasteiger partial charge in [-0.25, -0.2) is 9.59 Å². The second-order valence-electron chi connectivity index (χ2n) is 7.80. The average Bonchev–Trinajstić information content (AvgIpc) is 2.89. The Kier molecular flexibility index (Phi) is 9.49. The van der Waals surface area contributed by atoms with Gasteiger partial charge in [0.05, 0.1) is 24.3 Å². The van der Waals surface area contributed by atoms with Crippen molar-refractivity contribution in [1.29, 1.82) is 0 Å². The Morgan fingerprint density at radius 2 is 0.850 bits per heavy atom. The minimum atomic E-state index is -7.09. The minimum absolute atomic E-state index is 0.0305. The molecular formula is C24H20F8N2O6. The van der Waals surface area contributed by atoms with Crippen LogP contribution < -0.4 is 10.6 Å². The van der Waals surface area contributed by atoms with Crippen LogP contribution in [0.2, 0.25) is 0 Å². The fourth-order valence-corrected chi connectivity index (χ4v) is 2.91. The first-order chi connectivity index (χ1) is 18.4. The summed E-state index contributed by atoms with van der Waals surface area (Å²) in [5, 5.41) is 2.33. The number of anilines is 2. The number of carbonyl (C=O) groups excluding carboxylic acids is 4. The maximum atomic E-state index is 14.3. The van der Waals surface area contributed by atoms with E-state index in [0.29, 0.717) is 0 Å². The number of rotatable bonds is 11. The summed E-state index contributed by atoms with van der Waals surface area (Å²) in [6.07, 6.45) is 0. The Balaban J connectivity index is 2.23. The highest BCUT2D eigenvalue weighted by atomic mass is 19.4. The summed E-state index contributed by atoms with van der Waals surface area (Å²) in [4.78, 5) is 46.8. The Morgan fingerprint density at radius 3 is 1.10 bits per heavy atom. The molecule has 40 heavy (non-hydrogen) atoms. The first kappa shape index (κ1) is 32.0. The summed E-state index contributed by atoms with van der Waals surface area (Å²) in [5.41, 5.74) is -1.67. The van der Waals surface area contributed by atoms with E-state index < -0.39 is 58.8 Å². The SMILES string of the molecule is CCOC(=O)c1ccc(NC(=O)C(F)(F)C(F)(F)C(F)(F)C(F)(F)C(=O)Nc2ccc(C(=O)OCC)cc2)cc1. The maximum absolute atomic E-state index is 14.3. The van der Waals surface area contributed by atoms with Crippen LogP contribution in [-0.2, 0) is 19.1 Å². The molecule has 2 N–H and O–H groups in total. The summed E-state index contributed by atoms with van der Waals surface area (Å²) in [6, 6.07) is 6.67. The number of carbonyl (C=O) groups is 4. The van der Waals surface area contributed by atoms with Crippen LogP contribution in [0.3, 0.4) is 0 Å². The first-order valence-electron chi connectivity index (χ1n) is 11.1. The highest BCUT2D eigenvalue weighted by Gasteiger charge is 2.84. The molecule has 0 atom stereocenters. The van der Waals surface area contributed by atoms with Crippen LogP contribution in [-0.4, -0.2) is 60.7 Å². The first-order valence-corrected chi connectivity index (χ1v) is 11.1. The number of esters is 2. The Hall–Kier alpha value is -4.24. The van der Waals surface area contributed by atoms with Crippen molar-refractivity contribution in [3.8, 4) is 0 Å². The van der Waals surface area contributed by atoms with E-state index in [0.717, 1.165) is 59.2 Å². The molecule has 0 spiro atoms. The zero-order chi connectivity index (χ0) is 30.5. The van der Waals surface area contributed by atoms with Gasteiger partial charge in [0, 0.05) is 11.4 Å². The largest absolute Gasteiger partial charge is 0.462 e. The number of hydrogen-bond donors (Lipinski definition) is 2. The summed E-state index contributed by atoms with van der Waals surface area (Å²) in [5.74, 6) is -35.1. The lowest BCUT2D eigenvalue weighted by atomic mass is 9.97. The van der Waals surface area contributed by atoms with Gasteiger partial charge in [0.15, 0.2) is 0 Å². The van der Waals surface area contributed by atoms with Crippen molar-refractivity contribution in [3.63, 3.8) is 0 Å². The van der Waals surface area contributed by atoms with Crippen molar-refractivity contribution in [3.05, 3.63) is 59.7 Å². The molecule has 16 heteroatoms. The van der Waals surface area contributed by atoms with Gasteiger partial charge in [-0.15, -0.1) is 0 Å².